The van der Waals surface area contributed by atoms with Crippen molar-refractivity contribution in [2.75, 3.05) is 50.8 Å². The van der Waals surface area contributed by atoms with E-state index in [-0.39, 0.29) is 44.3 Å². The molecular weight excluding hydrogens is 593 g/mol. The highest BCUT2D eigenvalue weighted by Crippen LogP contribution is 2.58. The molecule has 0 radical (unpaired) electrons. The van der Waals surface area contributed by atoms with E-state index in [9.17, 15) is 13.6 Å². The molecule has 1 amide bonds. The van der Waals surface area contributed by atoms with Crippen molar-refractivity contribution in [1.82, 2.24) is 19.8 Å². The fraction of sp³-hybridized carbons (Fsp3) is 0.486. The number of aromatic nitrogens is 2. The first-order valence-corrected chi connectivity index (χ1v) is 16.1. The topological polar surface area (TPSA) is 66.2 Å². The van der Waals surface area contributed by atoms with Crippen LogP contribution in [-0.2, 0) is 11.2 Å². The maximum absolute atomic E-state index is 16.8. The van der Waals surface area contributed by atoms with Crippen molar-refractivity contribution in [3.63, 3.8) is 0 Å². The van der Waals surface area contributed by atoms with Crippen LogP contribution in [0.15, 0.2) is 42.7 Å². The fourth-order valence-electron chi connectivity index (χ4n) is 8.57. The number of rotatable bonds is 7. The van der Waals surface area contributed by atoms with Crippen molar-refractivity contribution in [3.05, 3.63) is 71.1 Å². The lowest BCUT2D eigenvalue weighted by Gasteiger charge is -2.39. The van der Waals surface area contributed by atoms with Gasteiger partial charge < -0.3 is 19.4 Å². The van der Waals surface area contributed by atoms with Crippen molar-refractivity contribution in [2.24, 2.45) is 5.92 Å². The van der Waals surface area contributed by atoms with E-state index in [4.69, 9.17) is 16.3 Å². The van der Waals surface area contributed by atoms with Crippen LogP contribution in [0.25, 0.3) is 26.9 Å². The number of benzene rings is 2. The number of anilines is 1. The predicted octanol–water partition coefficient (Wildman–Crippen LogP) is 5.47. The molecule has 1 aromatic heterocycles. The van der Waals surface area contributed by atoms with E-state index in [1.54, 1.807) is 6.07 Å². The van der Waals surface area contributed by atoms with Gasteiger partial charge in [0.25, 0.3) is 5.91 Å². The zero-order chi connectivity index (χ0) is 31.7. The van der Waals surface area contributed by atoms with E-state index < -0.39 is 35.3 Å². The Bertz CT molecular complexity index is 1810. The number of piperazine rings is 1. The molecule has 238 valence electrons. The maximum atomic E-state index is 16.8. The van der Waals surface area contributed by atoms with Crippen molar-refractivity contribution in [1.29, 1.82) is 0 Å². The van der Waals surface area contributed by atoms with Crippen molar-refractivity contribution < 1.29 is 22.7 Å². The molecule has 2 unspecified atom stereocenters. The summed E-state index contributed by atoms with van der Waals surface area (Å²) in [5, 5.41) is 0.477. The molecule has 2 aliphatic carbocycles. The van der Waals surface area contributed by atoms with Crippen LogP contribution in [0.2, 0.25) is 0 Å². The van der Waals surface area contributed by atoms with Gasteiger partial charge in [-0.15, -0.1) is 0 Å². The SMILES string of the molecule is [C-]#[N+]C[C@H]1CN(c2nc(OC[C@@]34CCCN3C[C@H](F)C4)nc3c(F)c(-c4cccc5c4CC4CC54)ccc23)CCN1C(=O)C(=C)F. The Morgan fingerprint density at radius 2 is 2.02 bits per heavy atom. The van der Waals surface area contributed by atoms with E-state index >= 15 is 4.39 Å². The van der Waals surface area contributed by atoms with Crippen molar-refractivity contribution in [2.45, 2.75) is 55.8 Å². The number of amides is 1. The van der Waals surface area contributed by atoms with E-state index in [1.165, 1.54) is 22.4 Å². The summed E-state index contributed by atoms with van der Waals surface area (Å²) in [7, 11) is 0. The van der Waals surface area contributed by atoms with Crippen LogP contribution in [0.4, 0.5) is 19.0 Å². The monoisotopic (exact) mass is 628 g/mol. The molecule has 0 N–H and O–H groups in total. The lowest BCUT2D eigenvalue weighted by atomic mass is 9.93. The van der Waals surface area contributed by atoms with Crippen LogP contribution < -0.4 is 9.64 Å². The molecule has 3 aliphatic heterocycles. The van der Waals surface area contributed by atoms with Crippen LogP contribution in [0.1, 0.15) is 42.7 Å². The molecule has 4 heterocycles. The summed E-state index contributed by atoms with van der Waals surface area (Å²) in [5.74, 6) is -0.742. The largest absolute Gasteiger partial charge is 0.461 e. The first kappa shape index (κ1) is 29.2. The van der Waals surface area contributed by atoms with E-state index in [0.717, 1.165) is 31.4 Å². The third-order valence-corrected chi connectivity index (χ3v) is 10.9. The van der Waals surface area contributed by atoms with Gasteiger partial charge in [-0.25, -0.2) is 19.7 Å². The van der Waals surface area contributed by atoms with Crippen molar-refractivity contribution >= 4 is 22.6 Å². The zero-order valence-electron chi connectivity index (χ0n) is 25.5. The Morgan fingerprint density at radius 3 is 2.85 bits per heavy atom. The molecule has 8 nitrogen and oxygen atoms in total. The van der Waals surface area contributed by atoms with Gasteiger partial charge in [-0.1, -0.05) is 30.8 Å². The highest BCUT2D eigenvalue weighted by Gasteiger charge is 2.50. The third kappa shape index (κ3) is 4.72. The summed E-state index contributed by atoms with van der Waals surface area (Å²) < 4.78 is 51.3. The van der Waals surface area contributed by atoms with Crippen molar-refractivity contribution in [3.8, 4) is 17.1 Å². The molecule has 46 heavy (non-hydrogen) atoms. The number of carbonyl (C=O) groups excluding carboxylic acids is 1. The van der Waals surface area contributed by atoms with E-state index in [2.05, 4.69) is 27.4 Å². The lowest BCUT2D eigenvalue weighted by Crippen LogP contribution is -2.56. The molecule has 3 aromatic rings. The second-order valence-corrected chi connectivity index (χ2v) is 13.5. The number of halogens is 3. The van der Waals surface area contributed by atoms with Gasteiger partial charge in [-0.05, 0) is 66.8 Å². The Labute approximate surface area is 265 Å². The summed E-state index contributed by atoms with van der Waals surface area (Å²) in [6.45, 7) is 12.5. The first-order valence-electron chi connectivity index (χ1n) is 16.1. The summed E-state index contributed by atoms with van der Waals surface area (Å²) in [5.41, 5.74) is 3.54. The number of hydrogen-bond donors (Lipinski definition) is 0. The molecule has 4 fully saturated rings. The molecular formula is C35H35F3N6O2. The Kier molecular flexibility index (Phi) is 6.98. The molecule has 8 rings (SSSR count). The number of alkyl halides is 1. The van der Waals surface area contributed by atoms with Crippen LogP contribution in [-0.4, -0.2) is 89.3 Å². The minimum absolute atomic E-state index is 0.000936. The highest BCUT2D eigenvalue weighted by molar-refractivity contribution is 5.94. The van der Waals surface area contributed by atoms with Gasteiger partial charge in [0.2, 0.25) is 6.54 Å². The first-order chi connectivity index (χ1) is 22.3. The Hall–Kier alpha value is -4.17. The fourth-order valence-corrected chi connectivity index (χ4v) is 8.57. The Balaban J connectivity index is 1.19. The second kappa shape index (κ2) is 11.0. The molecule has 0 spiro atoms. The molecule has 5 aliphatic rings. The number of hydrogen-bond acceptors (Lipinski definition) is 6. The summed E-state index contributed by atoms with van der Waals surface area (Å²) in [6, 6.07) is 9.11. The smallest absolute Gasteiger partial charge is 0.319 e. The zero-order valence-corrected chi connectivity index (χ0v) is 25.5. The van der Waals surface area contributed by atoms with Gasteiger partial charge in [-0.2, -0.15) is 9.97 Å². The van der Waals surface area contributed by atoms with E-state index in [1.807, 2.05) is 23.1 Å². The van der Waals surface area contributed by atoms with Crippen LogP contribution in [0, 0.1) is 18.3 Å². The van der Waals surface area contributed by atoms with Gasteiger partial charge in [0.05, 0.1) is 5.54 Å². The molecule has 3 saturated heterocycles. The summed E-state index contributed by atoms with van der Waals surface area (Å²) in [6.07, 6.45) is 3.36. The predicted molar refractivity (Wildman–Crippen MR) is 167 cm³/mol. The number of ether oxygens (including phenoxy) is 1. The average molecular weight is 629 g/mol. The second-order valence-electron chi connectivity index (χ2n) is 13.5. The highest BCUT2D eigenvalue weighted by atomic mass is 19.1. The maximum Gasteiger partial charge on any atom is 0.319 e. The van der Waals surface area contributed by atoms with Gasteiger partial charge in [0.1, 0.15) is 30.2 Å². The molecule has 2 aromatic carbocycles. The number of fused-ring (bicyclic) bond motifs is 5. The van der Waals surface area contributed by atoms with Gasteiger partial charge in [0, 0.05) is 43.5 Å². The summed E-state index contributed by atoms with van der Waals surface area (Å²) in [4.78, 5) is 30.8. The molecule has 0 bridgehead atoms. The van der Waals surface area contributed by atoms with E-state index in [0.29, 0.717) is 41.6 Å². The molecule has 11 heteroatoms. The van der Waals surface area contributed by atoms with Crippen LogP contribution in [0.3, 0.4) is 0 Å². The van der Waals surface area contributed by atoms with Gasteiger partial charge >= 0.3 is 6.01 Å². The third-order valence-electron chi connectivity index (χ3n) is 10.9. The van der Waals surface area contributed by atoms with Gasteiger partial charge in [0.15, 0.2) is 11.6 Å². The minimum Gasteiger partial charge on any atom is -0.461 e. The quantitative estimate of drug-likeness (QED) is 0.256. The standard InChI is InChI=1S/C35H35F3N6O2/c1-20(36)33(45)44-12-11-42(18-23(44)16-39-2)32-27-8-7-26(24-5-3-6-25-28-13-21(28)14-29(24)25)30(38)31(27)40-34(41-32)46-19-35-9-4-10-43(35)17-22(37)15-35/h3,5-8,21-23,28H,1,4,9-19H2/t21?,22-,23+,28?,35+/m1/s1. The Morgan fingerprint density at radius 1 is 1.15 bits per heavy atom. The normalized spacial score (nSPS) is 28.1. The molecule has 1 saturated carbocycles. The van der Waals surface area contributed by atoms with Gasteiger partial charge in [-0.3, -0.25) is 9.69 Å². The minimum atomic E-state index is -1.08. The van der Waals surface area contributed by atoms with Crippen LogP contribution >= 0.6 is 0 Å². The number of nitrogens with zero attached hydrogens (tertiary/aromatic N) is 6. The number of carbonyl (C=O) groups is 1. The average Bonchev–Trinajstić information content (AvgIpc) is 3.39. The van der Waals surface area contributed by atoms with Crippen LogP contribution in [0.5, 0.6) is 6.01 Å². The molecule has 5 atom stereocenters. The lowest BCUT2D eigenvalue weighted by molar-refractivity contribution is -0.131. The summed E-state index contributed by atoms with van der Waals surface area (Å²) >= 11 is 0.